The summed E-state index contributed by atoms with van der Waals surface area (Å²) in [5.74, 6) is 3.56. The van der Waals surface area contributed by atoms with Crippen LogP contribution in [0.4, 0.5) is 0 Å². The van der Waals surface area contributed by atoms with Crippen molar-refractivity contribution in [2.24, 2.45) is 0 Å². The number of para-hydroxylation sites is 4. The van der Waals surface area contributed by atoms with E-state index >= 15 is 0 Å². The molecule has 4 heterocycles. The van der Waals surface area contributed by atoms with Crippen LogP contribution in [0.5, 0.6) is 23.0 Å². The highest BCUT2D eigenvalue weighted by atomic mass is 31.2. The number of benzene rings is 8. The van der Waals surface area contributed by atoms with Gasteiger partial charge < -0.3 is 18.1 Å². The predicted molar refractivity (Wildman–Crippen MR) is 250 cm³/mol. The van der Waals surface area contributed by atoms with Crippen molar-refractivity contribution < 1.29 is 18.1 Å². The largest absolute Gasteiger partial charge is 0.453 e. The van der Waals surface area contributed by atoms with Crippen LogP contribution in [0.1, 0.15) is 0 Å². The monoisotopic (exact) mass is 852 g/mol. The van der Waals surface area contributed by atoms with Crippen molar-refractivity contribution in [3.05, 3.63) is 194 Å². The van der Waals surface area contributed by atoms with Crippen LogP contribution in [0.25, 0.3) is 44.5 Å². The molecule has 8 aromatic carbocycles. The van der Waals surface area contributed by atoms with Gasteiger partial charge in [-0.2, -0.15) is 8.88 Å². The lowest BCUT2D eigenvalue weighted by Crippen LogP contribution is -2.38. The molecule has 6 nitrogen and oxygen atoms in total. The summed E-state index contributed by atoms with van der Waals surface area (Å²) in [6.07, 6.45) is 0. The fourth-order valence-electron chi connectivity index (χ4n) is 8.49. The number of rotatable bonds is 7. The minimum atomic E-state index is -1.39. The van der Waals surface area contributed by atoms with E-state index in [0.717, 1.165) is 45.3 Å². The van der Waals surface area contributed by atoms with Crippen molar-refractivity contribution in [1.29, 1.82) is 0 Å². The van der Waals surface area contributed by atoms with Gasteiger partial charge in [-0.25, -0.2) is 0 Å². The molecule has 10 heteroatoms. The van der Waals surface area contributed by atoms with E-state index in [2.05, 4.69) is 203 Å². The van der Waals surface area contributed by atoms with Gasteiger partial charge in [0.05, 0.1) is 0 Å². The standard InChI is InChI=1S/C50H36N2O4P4/c1-9-25-43-35(17-1)39-21-5-13-29-47(39)57(53-43)51(58-48-30-14-6-22-40(48)36-18-2-10-26-44(36)54-58)33-34-52(59-49-31-15-7-23-41(49)37-19-3-11-27-45(37)55-59)60-50-32-16-8-24-42(50)38-20-4-12-28-46(38)56-60/h1-32H,33-34H2. The summed E-state index contributed by atoms with van der Waals surface area (Å²) in [5.41, 5.74) is 9.24. The zero-order valence-electron chi connectivity index (χ0n) is 32.2. The maximum Gasteiger partial charge on any atom is 0.204 e. The maximum absolute atomic E-state index is 7.26. The molecule has 4 aliphatic rings. The average molecular weight is 853 g/mol. The van der Waals surface area contributed by atoms with Gasteiger partial charge in [-0.3, -0.25) is 0 Å². The minimum Gasteiger partial charge on any atom is -0.453 e. The molecular weight excluding hydrogens is 816 g/mol. The van der Waals surface area contributed by atoms with Gasteiger partial charge in [-0.15, -0.1) is 0 Å². The molecule has 0 fully saturated rings. The fourth-order valence-corrected chi connectivity index (χ4v) is 18.0. The second-order valence-corrected chi connectivity index (χ2v) is 22.1. The van der Waals surface area contributed by atoms with E-state index in [9.17, 15) is 0 Å². The summed E-state index contributed by atoms with van der Waals surface area (Å²) in [6.45, 7) is 1.23. The summed E-state index contributed by atoms with van der Waals surface area (Å²) >= 11 is 0. The van der Waals surface area contributed by atoms with E-state index in [1.165, 1.54) is 43.5 Å². The first kappa shape index (κ1) is 36.5. The van der Waals surface area contributed by atoms with Crippen LogP contribution in [0.15, 0.2) is 194 Å². The fraction of sp³-hybridized carbons (Fsp3) is 0.0400. The van der Waals surface area contributed by atoms with Crippen LogP contribution < -0.4 is 39.3 Å². The highest BCUT2D eigenvalue weighted by Gasteiger charge is 2.45. The number of nitrogens with zero attached hydrogens (tertiary/aromatic N) is 2. The smallest absolute Gasteiger partial charge is 0.204 e. The van der Waals surface area contributed by atoms with E-state index < -0.39 is 33.2 Å². The summed E-state index contributed by atoms with van der Waals surface area (Å²) < 4.78 is 34.1. The second-order valence-electron chi connectivity index (χ2n) is 14.7. The highest BCUT2D eigenvalue weighted by Crippen LogP contribution is 2.65. The molecule has 0 radical (unpaired) electrons. The van der Waals surface area contributed by atoms with Gasteiger partial charge in [0.25, 0.3) is 0 Å². The van der Waals surface area contributed by atoms with Gasteiger partial charge in [0, 0.05) is 56.6 Å². The summed E-state index contributed by atoms with van der Waals surface area (Å²) in [6, 6.07) is 68.6. The summed E-state index contributed by atoms with van der Waals surface area (Å²) in [7, 11) is -5.54. The zero-order chi connectivity index (χ0) is 39.6. The van der Waals surface area contributed by atoms with Gasteiger partial charge in [-0.05, 0) is 70.8 Å². The Morgan fingerprint density at radius 1 is 0.250 bits per heavy atom. The molecule has 8 aromatic rings. The second kappa shape index (κ2) is 15.3. The Morgan fingerprint density at radius 3 is 0.700 bits per heavy atom. The maximum atomic E-state index is 7.26. The SMILES string of the molecule is c1ccc2c(c1)OP(N(CCN(P1Oc3ccccc3-c3ccccc31)P1Oc3ccccc3-c3ccccc31)P1Oc3ccccc3-c3ccccc31)c1ccccc1-2. The Morgan fingerprint density at radius 2 is 0.450 bits per heavy atom. The van der Waals surface area contributed by atoms with Gasteiger partial charge in [0.15, 0.2) is 0 Å². The molecule has 4 aliphatic heterocycles. The molecule has 12 rings (SSSR count). The number of hydrogen-bond donors (Lipinski definition) is 0. The Labute approximate surface area is 354 Å². The Hall–Kier alpha value is -5.40. The van der Waals surface area contributed by atoms with Gasteiger partial charge in [0.2, 0.25) is 33.2 Å². The highest BCUT2D eigenvalue weighted by molar-refractivity contribution is 7.75. The molecule has 0 spiro atoms. The lowest BCUT2D eigenvalue weighted by atomic mass is 10.0. The molecule has 0 aliphatic carbocycles. The van der Waals surface area contributed by atoms with Crippen molar-refractivity contribution in [1.82, 2.24) is 8.88 Å². The molecule has 0 amide bonds. The molecule has 0 N–H and O–H groups in total. The minimum absolute atomic E-state index is 0.614. The van der Waals surface area contributed by atoms with Crippen molar-refractivity contribution in [2.75, 3.05) is 13.1 Å². The van der Waals surface area contributed by atoms with E-state index in [-0.39, 0.29) is 0 Å². The molecule has 4 atom stereocenters. The number of hydrogen-bond acceptors (Lipinski definition) is 6. The molecular formula is C50H36N2O4P4. The van der Waals surface area contributed by atoms with Gasteiger partial charge in [-0.1, -0.05) is 146 Å². The molecule has 0 bridgehead atoms. The van der Waals surface area contributed by atoms with E-state index in [0.29, 0.717) is 13.1 Å². The van der Waals surface area contributed by atoms with E-state index in [1.54, 1.807) is 0 Å². The quantitative estimate of drug-likeness (QED) is 0.149. The van der Waals surface area contributed by atoms with Crippen molar-refractivity contribution >= 4 is 54.4 Å². The molecule has 0 saturated heterocycles. The van der Waals surface area contributed by atoms with Crippen LogP contribution in [-0.2, 0) is 0 Å². The van der Waals surface area contributed by atoms with Gasteiger partial charge in [0.1, 0.15) is 23.0 Å². The Kier molecular flexibility index (Phi) is 9.27. The molecule has 4 unspecified atom stereocenters. The molecule has 0 aromatic heterocycles. The van der Waals surface area contributed by atoms with Gasteiger partial charge >= 0.3 is 0 Å². The normalized spacial score (nSPS) is 18.6. The molecule has 60 heavy (non-hydrogen) atoms. The third kappa shape index (κ3) is 6.09. The lowest BCUT2D eigenvalue weighted by molar-refractivity contribution is 0.468. The van der Waals surface area contributed by atoms with E-state index in [4.69, 9.17) is 18.1 Å². The van der Waals surface area contributed by atoms with Crippen LogP contribution in [0, 0.1) is 0 Å². The first-order valence-electron chi connectivity index (χ1n) is 20.0. The first-order valence-corrected chi connectivity index (χ1v) is 24.8. The lowest BCUT2D eigenvalue weighted by Gasteiger charge is -2.44. The predicted octanol–water partition coefficient (Wildman–Crippen LogP) is 12.4. The zero-order valence-corrected chi connectivity index (χ0v) is 35.8. The molecule has 290 valence electrons. The van der Waals surface area contributed by atoms with Crippen LogP contribution in [0.3, 0.4) is 0 Å². The first-order chi connectivity index (χ1) is 29.8. The third-order valence-corrected chi connectivity index (χ3v) is 20.3. The van der Waals surface area contributed by atoms with Crippen LogP contribution >= 0.6 is 33.2 Å². The topological polar surface area (TPSA) is 43.4 Å². The average Bonchev–Trinajstić information content (AvgIpc) is 3.32. The summed E-state index contributed by atoms with van der Waals surface area (Å²) in [5, 5.41) is 4.71. The molecule has 0 saturated carbocycles. The summed E-state index contributed by atoms with van der Waals surface area (Å²) in [4.78, 5) is 0. The number of fused-ring (bicyclic) bond motifs is 12. The van der Waals surface area contributed by atoms with Crippen molar-refractivity contribution in [3.8, 4) is 67.5 Å². The van der Waals surface area contributed by atoms with E-state index in [1.807, 2.05) is 0 Å². The Bertz CT molecular complexity index is 2550. The van der Waals surface area contributed by atoms with Crippen LogP contribution in [0.2, 0.25) is 0 Å². The van der Waals surface area contributed by atoms with Crippen molar-refractivity contribution in [2.45, 2.75) is 0 Å². The Balaban J connectivity index is 1.03. The third-order valence-electron chi connectivity index (χ3n) is 11.2. The van der Waals surface area contributed by atoms with Crippen LogP contribution in [-0.4, -0.2) is 22.0 Å². The van der Waals surface area contributed by atoms with Crippen molar-refractivity contribution in [3.63, 3.8) is 0 Å².